The fourth-order valence-corrected chi connectivity index (χ4v) is 4.46. The number of anilines is 2. The number of benzene rings is 2. The van der Waals surface area contributed by atoms with Crippen LogP contribution in [-0.2, 0) is 14.8 Å². The molecule has 0 saturated carbocycles. The molecule has 0 aromatic heterocycles. The van der Waals surface area contributed by atoms with Crippen LogP contribution in [0.1, 0.15) is 6.42 Å². The summed E-state index contributed by atoms with van der Waals surface area (Å²) < 4.78 is 31.9. The van der Waals surface area contributed by atoms with Gasteiger partial charge in [0, 0.05) is 15.8 Å². The molecule has 6 nitrogen and oxygen atoms in total. The highest BCUT2D eigenvalue weighted by atomic mass is 127. The summed E-state index contributed by atoms with van der Waals surface area (Å²) in [5.74, 6) is 0.473. The number of rotatable bonds is 5. The highest BCUT2D eigenvalue weighted by molar-refractivity contribution is 14.1. The topological polar surface area (TPSA) is 75.7 Å². The molecule has 8 heteroatoms. The molecule has 1 fully saturated rings. The fourth-order valence-electron chi connectivity index (χ4n) is 2.55. The van der Waals surface area contributed by atoms with E-state index in [-0.39, 0.29) is 18.3 Å². The highest BCUT2D eigenvalue weighted by Gasteiger charge is 2.28. The van der Waals surface area contributed by atoms with Crippen molar-refractivity contribution in [3.63, 3.8) is 0 Å². The van der Waals surface area contributed by atoms with Crippen molar-refractivity contribution < 1.29 is 17.9 Å². The molecule has 0 aliphatic carbocycles. The number of sulfonamides is 1. The molecule has 0 unspecified atom stereocenters. The first-order chi connectivity index (χ1) is 11.9. The quantitative estimate of drug-likeness (QED) is 0.680. The molecule has 1 aliphatic rings. The Morgan fingerprint density at radius 3 is 2.64 bits per heavy atom. The van der Waals surface area contributed by atoms with E-state index in [4.69, 9.17) is 4.74 Å². The number of nitrogens with zero attached hydrogens (tertiary/aromatic N) is 1. The Bertz CT molecular complexity index is 868. The molecule has 0 radical (unpaired) electrons. The van der Waals surface area contributed by atoms with E-state index < -0.39 is 10.0 Å². The summed E-state index contributed by atoms with van der Waals surface area (Å²) in [5, 5.41) is 2.73. The zero-order chi connectivity index (χ0) is 17.9. The first-order valence-corrected chi connectivity index (χ1v) is 10.4. The summed E-state index contributed by atoms with van der Waals surface area (Å²) in [6.45, 7) is 0.350. The van der Waals surface area contributed by atoms with Crippen LogP contribution in [0.2, 0.25) is 0 Å². The van der Waals surface area contributed by atoms with Gasteiger partial charge in [0.25, 0.3) is 5.91 Å². The van der Waals surface area contributed by atoms with Gasteiger partial charge in [0.05, 0.1) is 11.4 Å². The third-order valence-corrected chi connectivity index (χ3v) is 6.29. The zero-order valence-corrected chi connectivity index (χ0v) is 16.3. The van der Waals surface area contributed by atoms with Crippen molar-refractivity contribution in [3.8, 4) is 5.75 Å². The normalized spacial score (nSPS) is 15.8. The fraction of sp³-hybridized carbons (Fsp3) is 0.235. The zero-order valence-electron chi connectivity index (χ0n) is 13.3. The number of carbonyl (C=O) groups excluding carboxylic acids is 1. The van der Waals surface area contributed by atoms with Crippen LogP contribution >= 0.6 is 22.6 Å². The third-order valence-electron chi connectivity index (χ3n) is 3.70. The van der Waals surface area contributed by atoms with E-state index in [1.165, 1.54) is 4.31 Å². The van der Waals surface area contributed by atoms with E-state index in [1.807, 2.05) is 12.1 Å². The van der Waals surface area contributed by atoms with Gasteiger partial charge in [-0.3, -0.25) is 9.10 Å². The van der Waals surface area contributed by atoms with Gasteiger partial charge in [-0.05, 0) is 71.5 Å². The average Bonchev–Trinajstić information content (AvgIpc) is 2.94. The molecule has 2 aromatic rings. The number of hydrogen-bond acceptors (Lipinski definition) is 4. The number of hydrogen-bond donors (Lipinski definition) is 1. The molecule has 1 saturated heterocycles. The van der Waals surface area contributed by atoms with Gasteiger partial charge in [-0.1, -0.05) is 6.07 Å². The molecule has 1 amide bonds. The van der Waals surface area contributed by atoms with Gasteiger partial charge in [-0.2, -0.15) is 0 Å². The number of ether oxygens (including phenoxy) is 1. The Hall–Kier alpha value is -1.81. The summed E-state index contributed by atoms with van der Waals surface area (Å²) >= 11 is 2.19. The molecular weight excluding hydrogens is 455 g/mol. The van der Waals surface area contributed by atoms with Gasteiger partial charge in [0.15, 0.2) is 6.61 Å². The molecular formula is C17H17IN2O4S. The van der Waals surface area contributed by atoms with Crippen LogP contribution in [0.15, 0.2) is 48.5 Å². The van der Waals surface area contributed by atoms with Crippen LogP contribution in [0.4, 0.5) is 11.4 Å². The van der Waals surface area contributed by atoms with Gasteiger partial charge < -0.3 is 10.1 Å². The van der Waals surface area contributed by atoms with Crippen LogP contribution < -0.4 is 14.4 Å². The third kappa shape index (κ3) is 4.63. The molecule has 1 aliphatic heterocycles. The van der Waals surface area contributed by atoms with Crippen LogP contribution in [0.5, 0.6) is 5.75 Å². The van der Waals surface area contributed by atoms with Crippen molar-refractivity contribution in [2.45, 2.75) is 6.42 Å². The number of halogens is 1. The Morgan fingerprint density at radius 2 is 1.96 bits per heavy atom. The molecule has 0 atom stereocenters. The van der Waals surface area contributed by atoms with E-state index in [1.54, 1.807) is 36.4 Å². The van der Waals surface area contributed by atoms with Crippen LogP contribution in [0, 0.1) is 3.57 Å². The lowest BCUT2D eigenvalue weighted by molar-refractivity contribution is -0.118. The second-order valence-corrected chi connectivity index (χ2v) is 8.84. The summed E-state index contributed by atoms with van der Waals surface area (Å²) in [4.78, 5) is 12.0. The predicted octanol–water partition coefficient (Wildman–Crippen LogP) is 2.85. The Balaban J connectivity index is 1.62. The predicted molar refractivity (Wildman–Crippen MR) is 105 cm³/mol. The number of nitrogens with one attached hydrogen (secondary N) is 1. The van der Waals surface area contributed by atoms with Crippen molar-refractivity contribution in [2.24, 2.45) is 0 Å². The maximum absolute atomic E-state index is 12.0. The first kappa shape index (κ1) is 18.0. The minimum atomic E-state index is -3.24. The second kappa shape index (κ2) is 7.61. The van der Waals surface area contributed by atoms with E-state index in [9.17, 15) is 13.2 Å². The molecule has 2 aromatic carbocycles. The minimum Gasteiger partial charge on any atom is -0.484 e. The van der Waals surface area contributed by atoms with Crippen molar-refractivity contribution in [1.82, 2.24) is 0 Å². The molecule has 132 valence electrons. The molecule has 0 bridgehead atoms. The standard InChI is InChI=1S/C17H17IN2O4S/c18-13-5-7-16(8-6-13)24-12-17(21)19-14-3-1-4-15(11-14)20-9-2-10-25(20,22)23/h1,3-8,11H,2,9-10,12H2,(H,19,21). The van der Waals surface area contributed by atoms with Crippen LogP contribution in [0.25, 0.3) is 0 Å². The van der Waals surface area contributed by atoms with Crippen molar-refractivity contribution in [3.05, 3.63) is 52.1 Å². The summed E-state index contributed by atoms with van der Waals surface area (Å²) in [6, 6.07) is 14.2. The Labute approximate surface area is 160 Å². The van der Waals surface area contributed by atoms with Crippen molar-refractivity contribution >= 4 is 49.9 Å². The molecule has 3 rings (SSSR count). The molecule has 1 heterocycles. The van der Waals surface area contributed by atoms with Crippen molar-refractivity contribution in [2.75, 3.05) is 28.5 Å². The van der Waals surface area contributed by atoms with Crippen LogP contribution in [0.3, 0.4) is 0 Å². The van der Waals surface area contributed by atoms with Gasteiger partial charge in [-0.25, -0.2) is 8.42 Å². The lowest BCUT2D eigenvalue weighted by Gasteiger charge is -2.17. The maximum atomic E-state index is 12.0. The van der Waals surface area contributed by atoms with E-state index in [2.05, 4.69) is 27.9 Å². The van der Waals surface area contributed by atoms with Gasteiger partial charge in [0.1, 0.15) is 5.75 Å². The van der Waals surface area contributed by atoms with E-state index >= 15 is 0 Å². The maximum Gasteiger partial charge on any atom is 0.262 e. The molecule has 25 heavy (non-hydrogen) atoms. The molecule has 1 N–H and O–H groups in total. The average molecular weight is 472 g/mol. The first-order valence-electron chi connectivity index (χ1n) is 7.73. The SMILES string of the molecule is O=C(COc1ccc(I)cc1)Nc1cccc(N2CCCS2(=O)=O)c1. The van der Waals surface area contributed by atoms with Crippen LogP contribution in [-0.4, -0.2) is 33.2 Å². The van der Waals surface area contributed by atoms with Gasteiger partial charge in [0.2, 0.25) is 10.0 Å². The van der Waals surface area contributed by atoms with E-state index in [0.29, 0.717) is 30.1 Å². The van der Waals surface area contributed by atoms with Crippen molar-refractivity contribution in [1.29, 1.82) is 0 Å². The van der Waals surface area contributed by atoms with Gasteiger partial charge in [-0.15, -0.1) is 0 Å². The van der Waals surface area contributed by atoms with Gasteiger partial charge >= 0.3 is 0 Å². The minimum absolute atomic E-state index is 0.118. The van der Waals surface area contributed by atoms with E-state index in [0.717, 1.165) is 3.57 Å². The second-order valence-electron chi connectivity index (χ2n) is 5.58. The monoisotopic (exact) mass is 472 g/mol. The Kier molecular flexibility index (Phi) is 5.48. The summed E-state index contributed by atoms with van der Waals surface area (Å²) in [5.41, 5.74) is 1.10. The lowest BCUT2D eigenvalue weighted by atomic mass is 10.2. The number of amides is 1. The Morgan fingerprint density at radius 1 is 1.20 bits per heavy atom. The largest absolute Gasteiger partial charge is 0.484 e. The molecule has 0 spiro atoms. The highest BCUT2D eigenvalue weighted by Crippen LogP contribution is 2.26. The number of carbonyl (C=O) groups is 1. The summed E-state index contributed by atoms with van der Waals surface area (Å²) in [6.07, 6.45) is 0.614. The smallest absolute Gasteiger partial charge is 0.262 e. The summed E-state index contributed by atoms with van der Waals surface area (Å²) in [7, 11) is -3.24. The lowest BCUT2D eigenvalue weighted by Crippen LogP contribution is -2.25.